The summed E-state index contributed by atoms with van der Waals surface area (Å²) in [4.78, 5) is 15.1. The second-order valence-electron chi connectivity index (χ2n) is 7.70. The quantitative estimate of drug-likeness (QED) is 0.405. The minimum atomic E-state index is -0.253. The van der Waals surface area contributed by atoms with E-state index < -0.39 is 0 Å². The molecule has 0 amide bonds. The van der Waals surface area contributed by atoms with E-state index in [1.54, 1.807) is 12.3 Å². The highest BCUT2D eigenvalue weighted by atomic mass is 32.2. The van der Waals surface area contributed by atoms with Crippen molar-refractivity contribution >= 4 is 39.7 Å². The number of allylic oxidation sites excluding steroid dienone is 2. The van der Waals surface area contributed by atoms with Gasteiger partial charge < -0.3 is 14.6 Å². The molecule has 1 N–H and O–H groups in total. The number of nitrogens with zero attached hydrogens (tertiary/aromatic N) is 3. The molecule has 1 unspecified atom stereocenters. The minimum absolute atomic E-state index is 0.0722. The van der Waals surface area contributed by atoms with Crippen LogP contribution in [0.3, 0.4) is 0 Å². The summed E-state index contributed by atoms with van der Waals surface area (Å²) in [6, 6.07) is 12.1. The van der Waals surface area contributed by atoms with E-state index >= 15 is 0 Å². The molecule has 0 spiro atoms. The van der Waals surface area contributed by atoms with E-state index in [2.05, 4.69) is 46.4 Å². The van der Waals surface area contributed by atoms with Gasteiger partial charge in [0.15, 0.2) is 10.1 Å². The predicted molar refractivity (Wildman–Crippen MR) is 122 cm³/mol. The van der Waals surface area contributed by atoms with E-state index in [4.69, 9.17) is 4.42 Å². The number of carbonyl (C=O) groups is 1. The van der Waals surface area contributed by atoms with Crippen molar-refractivity contribution in [3.63, 3.8) is 0 Å². The summed E-state index contributed by atoms with van der Waals surface area (Å²) in [7, 11) is 2.02. The molecule has 4 rings (SSSR count). The largest absolute Gasteiger partial charge is 0.467 e. The zero-order chi connectivity index (χ0) is 21.3. The normalized spacial score (nSPS) is 17.2. The molecule has 30 heavy (non-hydrogen) atoms. The van der Waals surface area contributed by atoms with Crippen LogP contribution in [-0.4, -0.2) is 28.3 Å². The number of furan rings is 1. The van der Waals surface area contributed by atoms with Crippen LogP contribution < -0.4 is 10.2 Å². The van der Waals surface area contributed by atoms with Crippen LogP contribution in [-0.2, 0) is 16.8 Å². The monoisotopic (exact) mass is 440 g/mol. The highest BCUT2D eigenvalue weighted by Gasteiger charge is 2.38. The molecule has 6 nitrogen and oxygen atoms in total. The minimum Gasteiger partial charge on any atom is -0.467 e. The Morgan fingerprint density at radius 2 is 2.10 bits per heavy atom. The number of para-hydroxylation sites is 1. The topological polar surface area (TPSA) is 71.3 Å². The first kappa shape index (κ1) is 20.7. The second kappa shape index (κ2) is 8.28. The lowest BCUT2D eigenvalue weighted by Crippen LogP contribution is -2.25. The molecule has 0 bridgehead atoms. The maximum atomic E-state index is 13.0. The summed E-state index contributed by atoms with van der Waals surface area (Å²) in [6.07, 6.45) is 3.43. The zero-order valence-corrected chi connectivity index (χ0v) is 19.0. The highest BCUT2D eigenvalue weighted by molar-refractivity contribution is 8.02. The fourth-order valence-electron chi connectivity index (χ4n) is 3.63. The first-order chi connectivity index (χ1) is 14.4. The van der Waals surface area contributed by atoms with Crippen LogP contribution in [0.25, 0.3) is 0 Å². The van der Waals surface area contributed by atoms with Crippen LogP contribution in [0.2, 0.25) is 0 Å². The average Bonchev–Trinajstić information content (AvgIpc) is 3.44. The Bertz CT molecular complexity index is 1070. The van der Waals surface area contributed by atoms with Gasteiger partial charge in [0.2, 0.25) is 5.13 Å². The molecule has 1 aromatic carbocycles. The maximum Gasteiger partial charge on any atom is 0.206 e. The van der Waals surface area contributed by atoms with Gasteiger partial charge in [0.1, 0.15) is 5.76 Å². The van der Waals surface area contributed by atoms with Crippen LogP contribution >= 0.6 is 23.1 Å². The zero-order valence-electron chi connectivity index (χ0n) is 17.4. The molecular formula is C22H24N4O2S2. The van der Waals surface area contributed by atoms with Crippen molar-refractivity contribution in [2.75, 3.05) is 17.3 Å². The molecule has 0 saturated carbocycles. The number of carbonyl (C=O) groups excluding carboxylic acids is 1. The molecule has 1 atom stereocenters. The molecule has 0 aliphatic carbocycles. The fourth-order valence-corrected chi connectivity index (χ4v) is 5.53. The second-order valence-corrected chi connectivity index (χ2v) is 10.3. The summed E-state index contributed by atoms with van der Waals surface area (Å²) >= 11 is 2.87. The summed E-state index contributed by atoms with van der Waals surface area (Å²) in [5, 5.41) is 12.0. The van der Waals surface area contributed by atoms with E-state index in [0.29, 0.717) is 11.7 Å². The highest BCUT2D eigenvalue weighted by Crippen LogP contribution is 2.46. The van der Waals surface area contributed by atoms with Gasteiger partial charge in [-0.2, -0.15) is 0 Å². The Morgan fingerprint density at radius 1 is 1.30 bits per heavy atom. The molecule has 3 heterocycles. The number of benzene rings is 1. The maximum absolute atomic E-state index is 13.0. The summed E-state index contributed by atoms with van der Waals surface area (Å²) in [5.74, 6) is 0.905. The van der Waals surface area contributed by atoms with Gasteiger partial charge in [-0.1, -0.05) is 55.1 Å². The number of nitrogens with one attached hydrogen (secondary N) is 1. The molecule has 156 valence electrons. The van der Waals surface area contributed by atoms with Crippen molar-refractivity contribution in [1.82, 2.24) is 10.2 Å². The molecule has 0 saturated heterocycles. The van der Waals surface area contributed by atoms with Crippen LogP contribution in [0.5, 0.6) is 0 Å². The van der Waals surface area contributed by atoms with Crippen LogP contribution in [0.15, 0.2) is 63.2 Å². The number of likely N-dealkylation sites (N-methyl/N-ethyl adjacent to an activating group) is 1. The van der Waals surface area contributed by atoms with Gasteiger partial charge in [0.25, 0.3) is 0 Å². The molecule has 2 aromatic heterocycles. The number of aromatic nitrogens is 2. The molecule has 8 heteroatoms. The van der Waals surface area contributed by atoms with Gasteiger partial charge >= 0.3 is 0 Å². The summed E-state index contributed by atoms with van der Waals surface area (Å²) < 4.78 is 6.07. The lowest BCUT2D eigenvalue weighted by molar-refractivity contribution is -0.113. The summed E-state index contributed by atoms with van der Waals surface area (Å²) in [5.41, 5.74) is 3.19. The third-order valence-electron chi connectivity index (χ3n) is 5.30. The molecular weight excluding hydrogens is 416 g/mol. The predicted octanol–water partition coefficient (Wildman–Crippen LogP) is 5.10. The Hall–Kier alpha value is -2.58. The van der Waals surface area contributed by atoms with Gasteiger partial charge in [-0.25, -0.2) is 0 Å². The molecule has 1 aliphatic rings. The molecule has 3 aromatic rings. The standard InChI is InChI=1S/C22H24N4O2S2/c1-14(29-21-25-24-20(30-21)23-13-15-8-7-11-28-15)18(27)12-19-22(2,3)16-9-5-6-10-17(16)26(19)4/h5-12,14H,13H2,1-4H3,(H,23,24). The van der Waals surface area contributed by atoms with E-state index in [-0.39, 0.29) is 16.4 Å². The van der Waals surface area contributed by atoms with E-state index in [9.17, 15) is 4.79 Å². The lowest BCUT2D eigenvalue weighted by atomic mass is 9.83. The van der Waals surface area contributed by atoms with E-state index in [1.807, 2.05) is 38.2 Å². The molecule has 0 radical (unpaired) electrons. The first-order valence-electron chi connectivity index (χ1n) is 9.72. The Balaban J connectivity index is 1.42. The Labute approximate surface area is 184 Å². The number of fused-ring (bicyclic) bond motifs is 1. The van der Waals surface area contributed by atoms with Crippen molar-refractivity contribution < 1.29 is 9.21 Å². The number of rotatable bonds is 7. The van der Waals surface area contributed by atoms with Gasteiger partial charge in [-0.15, -0.1) is 10.2 Å². The number of hydrogen-bond acceptors (Lipinski definition) is 8. The number of anilines is 2. The number of ketones is 1. The first-order valence-corrected chi connectivity index (χ1v) is 11.4. The van der Waals surface area contributed by atoms with E-state index in [1.165, 1.54) is 28.7 Å². The van der Waals surface area contributed by atoms with Crippen molar-refractivity contribution in [2.45, 2.75) is 42.3 Å². The number of thioether (sulfide) groups is 1. The van der Waals surface area contributed by atoms with Gasteiger partial charge in [-0.3, -0.25) is 4.79 Å². The Morgan fingerprint density at radius 3 is 2.83 bits per heavy atom. The average molecular weight is 441 g/mol. The van der Waals surface area contributed by atoms with Gasteiger partial charge in [-0.05, 0) is 30.7 Å². The van der Waals surface area contributed by atoms with Crippen LogP contribution in [0.1, 0.15) is 32.1 Å². The Kier molecular flexibility index (Phi) is 5.71. The smallest absolute Gasteiger partial charge is 0.206 e. The van der Waals surface area contributed by atoms with E-state index in [0.717, 1.165) is 21.5 Å². The van der Waals surface area contributed by atoms with Crippen molar-refractivity contribution in [1.29, 1.82) is 0 Å². The van der Waals surface area contributed by atoms with Crippen molar-refractivity contribution in [2.24, 2.45) is 0 Å². The van der Waals surface area contributed by atoms with Crippen LogP contribution in [0, 0.1) is 0 Å². The third kappa shape index (κ3) is 4.02. The third-order valence-corrected chi connectivity index (χ3v) is 7.38. The van der Waals surface area contributed by atoms with Gasteiger partial charge in [0, 0.05) is 29.9 Å². The van der Waals surface area contributed by atoms with Crippen molar-refractivity contribution in [3.05, 3.63) is 65.8 Å². The SMILES string of the molecule is CC(Sc1nnc(NCc2ccco2)s1)C(=O)C=C1N(C)c2ccccc2C1(C)C. The fraction of sp³-hybridized carbons (Fsp3) is 0.318. The molecule has 1 aliphatic heterocycles. The van der Waals surface area contributed by atoms with Crippen molar-refractivity contribution in [3.8, 4) is 0 Å². The lowest BCUT2D eigenvalue weighted by Gasteiger charge is -2.24. The van der Waals surface area contributed by atoms with Crippen LogP contribution in [0.4, 0.5) is 10.8 Å². The van der Waals surface area contributed by atoms with Gasteiger partial charge in [0.05, 0.1) is 18.1 Å². The number of hydrogen-bond donors (Lipinski definition) is 1. The summed E-state index contributed by atoms with van der Waals surface area (Å²) in [6.45, 7) is 6.79. The molecule has 0 fully saturated rings.